The van der Waals surface area contributed by atoms with Gasteiger partial charge in [-0.15, -0.1) is 0 Å². The molecule has 0 aromatic heterocycles. The molecule has 0 radical (unpaired) electrons. The molecule has 2 rings (SSSR count). The molecule has 100 valence electrons. The maximum absolute atomic E-state index is 3.18. The first-order chi connectivity index (χ1) is 9.22. The molecule has 0 aliphatic rings. The van der Waals surface area contributed by atoms with Gasteiger partial charge in [0.2, 0.25) is 0 Å². The Balaban J connectivity index is 2.08. The minimum Gasteiger partial charge on any atom is -0.388 e. The van der Waals surface area contributed by atoms with Gasteiger partial charge in [0.15, 0.2) is 0 Å². The van der Waals surface area contributed by atoms with E-state index in [0.29, 0.717) is 0 Å². The van der Waals surface area contributed by atoms with Crippen LogP contribution in [0, 0.1) is 0 Å². The van der Waals surface area contributed by atoms with Crippen LogP contribution in [0.5, 0.6) is 0 Å². The number of hydrogen-bond donors (Lipinski definition) is 1. The summed E-state index contributed by atoms with van der Waals surface area (Å²) < 4.78 is 0. The van der Waals surface area contributed by atoms with Crippen molar-refractivity contribution in [3.8, 4) is 0 Å². The zero-order chi connectivity index (χ0) is 13.7. The highest BCUT2D eigenvalue weighted by Crippen LogP contribution is 2.18. The second kappa shape index (κ2) is 6.28. The molecule has 0 atom stereocenters. The number of nitrogens with one attached hydrogen (secondary N) is 1. The van der Waals surface area contributed by atoms with Gasteiger partial charge in [0.25, 0.3) is 0 Å². The van der Waals surface area contributed by atoms with Gasteiger partial charge in [-0.3, -0.25) is 0 Å². The third kappa shape index (κ3) is 3.50. The third-order valence-corrected chi connectivity index (χ3v) is 3.42. The Morgan fingerprint density at radius 2 is 1.74 bits per heavy atom. The predicted molar refractivity (Wildman–Crippen MR) is 83.9 cm³/mol. The van der Waals surface area contributed by atoms with Crippen molar-refractivity contribution in [2.75, 3.05) is 24.3 Å². The van der Waals surface area contributed by atoms with Gasteiger partial charge in [-0.2, -0.15) is 0 Å². The molecule has 0 heterocycles. The van der Waals surface area contributed by atoms with Crippen LogP contribution in [0.2, 0.25) is 0 Å². The molecule has 2 aromatic carbocycles. The van der Waals surface area contributed by atoms with Crippen molar-refractivity contribution in [1.29, 1.82) is 0 Å². The largest absolute Gasteiger partial charge is 0.388 e. The second-order valence-electron chi connectivity index (χ2n) is 4.83. The van der Waals surface area contributed by atoms with E-state index in [1.165, 1.54) is 16.8 Å². The molecule has 19 heavy (non-hydrogen) atoms. The van der Waals surface area contributed by atoms with E-state index in [4.69, 9.17) is 0 Å². The normalized spacial score (nSPS) is 10.3. The molecule has 0 bridgehead atoms. The number of rotatable bonds is 5. The van der Waals surface area contributed by atoms with Crippen molar-refractivity contribution in [2.45, 2.75) is 19.9 Å². The fraction of sp³-hybridized carbons (Fsp3) is 0.294. The van der Waals surface area contributed by atoms with Crippen molar-refractivity contribution >= 4 is 11.4 Å². The lowest BCUT2D eigenvalue weighted by atomic mass is 10.1. The van der Waals surface area contributed by atoms with Crippen LogP contribution in [0.3, 0.4) is 0 Å². The van der Waals surface area contributed by atoms with Crippen molar-refractivity contribution in [3.05, 3.63) is 59.7 Å². The summed E-state index contributed by atoms with van der Waals surface area (Å²) in [4.78, 5) is 2.27. The monoisotopic (exact) mass is 254 g/mol. The highest BCUT2D eigenvalue weighted by atomic mass is 15.1. The van der Waals surface area contributed by atoms with Crippen LogP contribution in [-0.4, -0.2) is 14.1 Å². The SMILES string of the molecule is CCc1ccc(N(C)Cc2cccc(NC)c2)cc1. The molecular formula is C17H22N2. The van der Waals surface area contributed by atoms with Gasteiger partial charge in [0.1, 0.15) is 0 Å². The molecule has 0 amide bonds. The van der Waals surface area contributed by atoms with Crippen LogP contribution in [-0.2, 0) is 13.0 Å². The Kier molecular flexibility index (Phi) is 4.45. The molecule has 2 aromatic rings. The summed E-state index contributed by atoms with van der Waals surface area (Å²) in [5.41, 5.74) is 5.11. The van der Waals surface area contributed by atoms with E-state index < -0.39 is 0 Å². The highest BCUT2D eigenvalue weighted by Gasteiger charge is 2.02. The molecule has 2 nitrogen and oxygen atoms in total. The van der Waals surface area contributed by atoms with Gasteiger partial charge >= 0.3 is 0 Å². The van der Waals surface area contributed by atoms with E-state index in [9.17, 15) is 0 Å². The molecule has 0 spiro atoms. The van der Waals surface area contributed by atoms with E-state index in [1.807, 2.05) is 7.05 Å². The van der Waals surface area contributed by atoms with Crippen LogP contribution in [0.15, 0.2) is 48.5 Å². The third-order valence-electron chi connectivity index (χ3n) is 3.42. The first kappa shape index (κ1) is 13.5. The predicted octanol–water partition coefficient (Wildman–Crippen LogP) is 3.93. The van der Waals surface area contributed by atoms with Gasteiger partial charge < -0.3 is 10.2 Å². The fourth-order valence-electron chi connectivity index (χ4n) is 2.18. The minimum absolute atomic E-state index is 0.918. The second-order valence-corrected chi connectivity index (χ2v) is 4.83. The van der Waals surface area contributed by atoms with Crippen molar-refractivity contribution in [1.82, 2.24) is 0 Å². The molecule has 0 aliphatic carbocycles. The number of anilines is 2. The Bertz CT molecular complexity index is 517. The van der Waals surface area contributed by atoms with E-state index in [-0.39, 0.29) is 0 Å². The zero-order valence-corrected chi connectivity index (χ0v) is 12.0. The van der Waals surface area contributed by atoms with Crippen LogP contribution in [0.4, 0.5) is 11.4 Å². The summed E-state index contributed by atoms with van der Waals surface area (Å²) in [6, 6.07) is 17.3. The average molecular weight is 254 g/mol. The van der Waals surface area contributed by atoms with Gasteiger partial charge in [0, 0.05) is 32.0 Å². The summed E-state index contributed by atoms with van der Waals surface area (Å²) in [6.07, 6.45) is 1.09. The molecule has 0 saturated carbocycles. The van der Waals surface area contributed by atoms with Crippen molar-refractivity contribution in [2.24, 2.45) is 0 Å². The highest BCUT2D eigenvalue weighted by molar-refractivity contribution is 5.50. The van der Waals surface area contributed by atoms with Crippen LogP contribution >= 0.6 is 0 Å². The van der Waals surface area contributed by atoms with Gasteiger partial charge in [-0.1, -0.05) is 31.2 Å². The molecule has 1 N–H and O–H groups in total. The van der Waals surface area contributed by atoms with Crippen LogP contribution in [0.1, 0.15) is 18.1 Å². The Hall–Kier alpha value is -1.96. The standard InChI is InChI=1S/C17H22N2/c1-4-14-8-10-17(11-9-14)19(3)13-15-6-5-7-16(12-15)18-2/h5-12,18H,4,13H2,1-3H3. The summed E-state index contributed by atoms with van der Waals surface area (Å²) in [6.45, 7) is 3.10. The molecule has 0 aliphatic heterocycles. The molecular weight excluding hydrogens is 232 g/mol. The quantitative estimate of drug-likeness (QED) is 0.869. The van der Waals surface area contributed by atoms with Gasteiger partial charge in [-0.05, 0) is 41.8 Å². The van der Waals surface area contributed by atoms with E-state index in [0.717, 1.165) is 18.7 Å². The van der Waals surface area contributed by atoms with Crippen molar-refractivity contribution in [3.63, 3.8) is 0 Å². The first-order valence-electron chi connectivity index (χ1n) is 6.79. The smallest absolute Gasteiger partial charge is 0.0426 e. The lowest BCUT2D eigenvalue weighted by Crippen LogP contribution is -2.16. The Morgan fingerprint density at radius 3 is 2.37 bits per heavy atom. The van der Waals surface area contributed by atoms with E-state index in [1.54, 1.807) is 0 Å². The number of hydrogen-bond acceptors (Lipinski definition) is 2. The number of benzene rings is 2. The minimum atomic E-state index is 0.918. The summed E-state index contributed by atoms with van der Waals surface area (Å²) >= 11 is 0. The van der Waals surface area contributed by atoms with Crippen LogP contribution in [0.25, 0.3) is 0 Å². The van der Waals surface area contributed by atoms with Crippen molar-refractivity contribution < 1.29 is 0 Å². The van der Waals surface area contributed by atoms with Gasteiger partial charge in [-0.25, -0.2) is 0 Å². The molecule has 0 saturated heterocycles. The number of nitrogens with zero attached hydrogens (tertiary/aromatic N) is 1. The lowest BCUT2D eigenvalue weighted by molar-refractivity contribution is 0.922. The maximum Gasteiger partial charge on any atom is 0.0426 e. The summed E-state index contributed by atoms with van der Waals surface area (Å²) in [5.74, 6) is 0. The Labute approximate surface area is 116 Å². The average Bonchev–Trinajstić information content (AvgIpc) is 2.47. The lowest BCUT2D eigenvalue weighted by Gasteiger charge is -2.20. The Morgan fingerprint density at radius 1 is 1.00 bits per heavy atom. The number of aryl methyl sites for hydroxylation is 1. The molecule has 2 heteroatoms. The molecule has 0 fully saturated rings. The summed E-state index contributed by atoms with van der Waals surface area (Å²) in [7, 11) is 4.08. The van der Waals surface area contributed by atoms with Crippen LogP contribution < -0.4 is 10.2 Å². The first-order valence-corrected chi connectivity index (χ1v) is 6.79. The van der Waals surface area contributed by atoms with E-state index >= 15 is 0 Å². The fourth-order valence-corrected chi connectivity index (χ4v) is 2.18. The summed E-state index contributed by atoms with van der Waals surface area (Å²) in [5, 5.41) is 3.18. The zero-order valence-electron chi connectivity index (χ0n) is 12.0. The van der Waals surface area contributed by atoms with E-state index in [2.05, 4.69) is 72.7 Å². The van der Waals surface area contributed by atoms with Gasteiger partial charge in [0.05, 0.1) is 0 Å². The maximum atomic E-state index is 3.18. The molecule has 0 unspecified atom stereocenters. The topological polar surface area (TPSA) is 15.3 Å².